The van der Waals surface area contributed by atoms with E-state index in [-0.39, 0.29) is 16.4 Å². The molecule has 0 bridgehead atoms. The van der Waals surface area contributed by atoms with Crippen molar-refractivity contribution in [3.63, 3.8) is 0 Å². The van der Waals surface area contributed by atoms with Crippen molar-refractivity contribution in [1.29, 1.82) is 0 Å². The Labute approximate surface area is 118 Å². The second kappa shape index (κ2) is 5.90. The molecule has 1 aromatic rings. The maximum atomic E-state index is 12.5. The molecule has 7 heteroatoms. The molecule has 110 valence electrons. The molecule has 1 unspecified atom stereocenters. The van der Waals surface area contributed by atoms with E-state index in [0.29, 0.717) is 19.7 Å². The van der Waals surface area contributed by atoms with E-state index in [2.05, 4.69) is 0 Å². The molecule has 1 aliphatic heterocycles. The van der Waals surface area contributed by atoms with Gasteiger partial charge in [0.15, 0.2) is 0 Å². The molecule has 0 saturated carbocycles. The maximum absolute atomic E-state index is 12.5. The van der Waals surface area contributed by atoms with Gasteiger partial charge in [-0.3, -0.25) is 0 Å². The van der Waals surface area contributed by atoms with Crippen molar-refractivity contribution in [2.45, 2.75) is 11.3 Å². The number of rotatable bonds is 5. The molecule has 1 N–H and O–H groups in total. The number of carboxylic acids is 1. The molecule has 1 fully saturated rings. The monoisotopic (exact) mass is 299 g/mol. The minimum atomic E-state index is -3.63. The van der Waals surface area contributed by atoms with Crippen LogP contribution in [0.1, 0.15) is 16.8 Å². The zero-order chi connectivity index (χ0) is 14.8. The Hall–Kier alpha value is -1.44. The van der Waals surface area contributed by atoms with Gasteiger partial charge in [0.25, 0.3) is 0 Å². The highest BCUT2D eigenvalue weighted by Crippen LogP contribution is 2.25. The molecule has 20 heavy (non-hydrogen) atoms. The predicted octanol–water partition coefficient (Wildman–Crippen LogP) is 1.04. The third-order valence-corrected chi connectivity index (χ3v) is 5.23. The number of hydrogen-bond acceptors (Lipinski definition) is 4. The van der Waals surface area contributed by atoms with Crippen molar-refractivity contribution in [3.05, 3.63) is 29.8 Å². The summed E-state index contributed by atoms with van der Waals surface area (Å²) in [6, 6.07) is 5.44. The molecule has 1 heterocycles. The average Bonchev–Trinajstić information content (AvgIpc) is 2.88. The molecule has 0 amide bonds. The first kappa shape index (κ1) is 15.0. The molecule has 0 radical (unpaired) electrons. The van der Waals surface area contributed by atoms with E-state index in [1.165, 1.54) is 28.6 Å². The Balaban J connectivity index is 2.23. The van der Waals surface area contributed by atoms with Crippen molar-refractivity contribution in [2.75, 3.05) is 26.8 Å². The zero-order valence-corrected chi connectivity index (χ0v) is 12.0. The molecule has 0 spiro atoms. The minimum absolute atomic E-state index is 0.0236. The topological polar surface area (TPSA) is 83.9 Å². The summed E-state index contributed by atoms with van der Waals surface area (Å²) in [6.07, 6.45) is 0.756. The molecule has 0 aromatic heterocycles. The lowest BCUT2D eigenvalue weighted by atomic mass is 10.1. The standard InChI is InChI=1S/C13H17NO5S/c1-19-9-10-5-6-14(8-10)20(17,18)12-4-2-3-11(7-12)13(15)16/h2-4,7,10H,5-6,8-9H2,1H3,(H,15,16). The molecule has 0 aliphatic carbocycles. The average molecular weight is 299 g/mol. The third-order valence-electron chi connectivity index (χ3n) is 3.37. The predicted molar refractivity (Wildman–Crippen MR) is 72.1 cm³/mol. The van der Waals surface area contributed by atoms with Crippen LogP contribution < -0.4 is 0 Å². The highest BCUT2D eigenvalue weighted by atomic mass is 32.2. The van der Waals surface area contributed by atoms with Gasteiger partial charge >= 0.3 is 5.97 Å². The lowest BCUT2D eigenvalue weighted by Gasteiger charge is -2.16. The fourth-order valence-electron chi connectivity index (χ4n) is 2.33. The first-order valence-corrected chi connectivity index (χ1v) is 7.71. The van der Waals surface area contributed by atoms with Gasteiger partial charge in [-0.25, -0.2) is 13.2 Å². The summed E-state index contributed by atoms with van der Waals surface area (Å²) < 4.78 is 31.3. The largest absolute Gasteiger partial charge is 0.478 e. The molecule has 1 atom stereocenters. The highest BCUT2D eigenvalue weighted by molar-refractivity contribution is 7.89. The van der Waals surface area contributed by atoms with Crippen LogP contribution >= 0.6 is 0 Å². The van der Waals surface area contributed by atoms with Crippen molar-refractivity contribution in [1.82, 2.24) is 4.31 Å². The lowest BCUT2D eigenvalue weighted by Crippen LogP contribution is -2.29. The lowest BCUT2D eigenvalue weighted by molar-refractivity contribution is 0.0696. The molecular formula is C13H17NO5S. The zero-order valence-electron chi connectivity index (χ0n) is 11.2. The Morgan fingerprint density at radius 1 is 1.50 bits per heavy atom. The summed E-state index contributed by atoms with van der Waals surface area (Å²) in [6.45, 7) is 1.38. The van der Waals surface area contributed by atoms with Gasteiger partial charge in [0, 0.05) is 20.2 Å². The normalized spacial score (nSPS) is 20.1. The minimum Gasteiger partial charge on any atom is -0.478 e. The molecule has 2 rings (SSSR count). The Kier molecular flexibility index (Phi) is 4.42. The van der Waals surface area contributed by atoms with E-state index in [4.69, 9.17) is 9.84 Å². The van der Waals surface area contributed by atoms with Crippen molar-refractivity contribution >= 4 is 16.0 Å². The van der Waals surface area contributed by atoms with E-state index < -0.39 is 16.0 Å². The van der Waals surface area contributed by atoms with Crippen molar-refractivity contribution < 1.29 is 23.1 Å². The van der Waals surface area contributed by atoms with Crippen LogP contribution in [-0.4, -0.2) is 50.6 Å². The van der Waals surface area contributed by atoms with Crippen LogP contribution in [0.4, 0.5) is 0 Å². The SMILES string of the molecule is COCC1CCN(S(=O)(=O)c2cccc(C(=O)O)c2)C1. The number of benzene rings is 1. The summed E-state index contributed by atoms with van der Waals surface area (Å²) in [4.78, 5) is 10.9. The number of methoxy groups -OCH3 is 1. The van der Waals surface area contributed by atoms with Gasteiger partial charge in [-0.05, 0) is 30.5 Å². The number of aromatic carboxylic acids is 1. The first-order chi connectivity index (χ1) is 9.45. The Morgan fingerprint density at radius 2 is 2.25 bits per heavy atom. The fraction of sp³-hybridized carbons (Fsp3) is 0.462. The number of carboxylic acid groups (broad SMARTS) is 1. The summed E-state index contributed by atoms with van der Waals surface area (Å²) in [7, 11) is -2.04. The van der Waals surface area contributed by atoms with Crippen LogP contribution in [0.25, 0.3) is 0 Å². The third kappa shape index (κ3) is 3.00. The summed E-state index contributed by atoms with van der Waals surface area (Å²) in [5.74, 6) is -0.946. The van der Waals surface area contributed by atoms with Gasteiger partial charge in [-0.1, -0.05) is 6.07 Å². The first-order valence-electron chi connectivity index (χ1n) is 6.27. The highest BCUT2D eigenvalue weighted by Gasteiger charge is 2.32. The molecular weight excluding hydrogens is 282 g/mol. The summed E-state index contributed by atoms with van der Waals surface area (Å²) in [5.41, 5.74) is -0.0290. The fourth-order valence-corrected chi connectivity index (χ4v) is 3.90. The van der Waals surface area contributed by atoms with E-state index in [0.717, 1.165) is 6.42 Å². The van der Waals surface area contributed by atoms with Gasteiger partial charge < -0.3 is 9.84 Å². The molecule has 1 aromatic carbocycles. The van der Waals surface area contributed by atoms with Crippen LogP contribution in [0, 0.1) is 5.92 Å². The van der Waals surface area contributed by atoms with E-state index in [1.807, 2.05) is 0 Å². The van der Waals surface area contributed by atoms with Crippen LogP contribution in [0.3, 0.4) is 0 Å². The number of sulfonamides is 1. The molecule has 6 nitrogen and oxygen atoms in total. The van der Waals surface area contributed by atoms with Gasteiger partial charge in [-0.15, -0.1) is 0 Å². The Morgan fingerprint density at radius 3 is 2.90 bits per heavy atom. The van der Waals surface area contributed by atoms with Crippen LogP contribution in [-0.2, 0) is 14.8 Å². The van der Waals surface area contributed by atoms with Gasteiger partial charge in [0.05, 0.1) is 17.1 Å². The van der Waals surface area contributed by atoms with Crippen LogP contribution in [0.2, 0.25) is 0 Å². The second-order valence-corrected chi connectivity index (χ2v) is 6.74. The molecule has 1 saturated heterocycles. The summed E-state index contributed by atoms with van der Waals surface area (Å²) in [5, 5.41) is 8.93. The summed E-state index contributed by atoms with van der Waals surface area (Å²) >= 11 is 0. The van der Waals surface area contributed by atoms with E-state index >= 15 is 0 Å². The van der Waals surface area contributed by atoms with E-state index in [1.54, 1.807) is 7.11 Å². The number of carbonyl (C=O) groups is 1. The van der Waals surface area contributed by atoms with Gasteiger partial charge in [0.1, 0.15) is 0 Å². The van der Waals surface area contributed by atoms with Gasteiger partial charge in [0.2, 0.25) is 10.0 Å². The maximum Gasteiger partial charge on any atom is 0.335 e. The van der Waals surface area contributed by atoms with Crippen molar-refractivity contribution in [3.8, 4) is 0 Å². The number of nitrogens with zero attached hydrogens (tertiary/aromatic N) is 1. The second-order valence-electron chi connectivity index (χ2n) is 4.81. The van der Waals surface area contributed by atoms with Gasteiger partial charge in [-0.2, -0.15) is 4.31 Å². The smallest absolute Gasteiger partial charge is 0.335 e. The quantitative estimate of drug-likeness (QED) is 0.878. The molecule has 1 aliphatic rings. The van der Waals surface area contributed by atoms with E-state index in [9.17, 15) is 13.2 Å². The van der Waals surface area contributed by atoms with Crippen LogP contribution in [0.5, 0.6) is 0 Å². The van der Waals surface area contributed by atoms with Crippen LogP contribution in [0.15, 0.2) is 29.2 Å². The number of ether oxygens (including phenoxy) is 1. The number of hydrogen-bond donors (Lipinski definition) is 1. The Bertz CT molecular complexity index is 599. The van der Waals surface area contributed by atoms with Crippen molar-refractivity contribution in [2.24, 2.45) is 5.92 Å².